The molecule has 1 aromatic heterocycles. The summed E-state index contributed by atoms with van der Waals surface area (Å²) in [6, 6.07) is 9.56. The summed E-state index contributed by atoms with van der Waals surface area (Å²) >= 11 is 0. The second-order valence-electron chi connectivity index (χ2n) is 6.14. The van der Waals surface area contributed by atoms with Gasteiger partial charge in [-0.05, 0) is 25.1 Å². The van der Waals surface area contributed by atoms with Crippen LogP contribution in [-0.2, 0) is 17.4 Å². The van der Waals surface area contributed by atoms with E-state index in [-0.39, 0.29) is 18.3 Å². The second-order valence-corrected chi connectivity index (χ2v) is 6.14. The first-order valence-corrected chi connectivity index (χ1v) is 7.57. The number of terminal acetylenes is 1. The molecule has 6 nitrogen and oxygen atoms in total. The van der Waals surface area contributed by atoms with E-state index >= 15 is 0 Å². The van der Waals surface area contributed by atoms with Crippen LogP contribution in [0.4, 0.5) is 0 Å². The lowest BCUT2D eigenvalue weighted by Crippen LogP contribution is -2.48. The van der Waals surface area contributed by atoms with E-state index in [0.29, 0.717) is 0 Å². The molecular weight excluding hydrogens is 302 g/mol. The highest BCUT2D eigenvalue weighted by Crippen LogP contribution is 2.34. The SMILES string of the molecule is C#Cc1cccc(-c2cc([C@]3(C)CC(=O)N(C)C(N)=N3)n(C)n2)c1. The van der Waals surface area contributed by atoms with Crippen LogP contribution in [0.3, 0.4) is 0 Å². The van der Waals surface area contributed by atoms with Crippen molar-refractivity contribution in [2.75, 3.05) is 7.05 Å². The van der Waals surface area contributed by atoms with E-state index in [4.69, 9.17) is 12.2 Å². The minimum absolute atomic E-state index is 0.0675. The van der Waals surface area contributed by atoms with E-state index in [9.17, 15) is 4.79 Å². The minimum Gasteiger partial charge on any atom is -0.369 e. The molecule has 0 bridgehead atoms. The molecule has 0 saturated heterocycles. The first kappa shape index (κ1) is 15.8. The molecule has 1 atom stereocenters. The van der Waals surface area contributed by atoms with Gasteiger partial charge in [0.2, 0.25) is 5.91 Å². The van der Waals surface area contributed by atoms with Gasteiger partial charge < -0.3 is 5.73 Å². The number of amides is 1. The zero-order valence-corrected chi connectivity index (χ0v) is 13.9. The molecule has 3 rings (SSSR count). The number of hydrogen-bond donors (Lipinski definition) is 1. The third-order valence-corrected chi connectivity index (χ3v) is 4.33. The standard InChI is InChI=1S/C18H19N5O/c1-5-12-7-6-8-13(9-12)14-10-15(23(4)21-14)18(2)11-16(24)22(3)17(19)20-18/h1,6-10H,11H2,2-4H3,(H2,19,20)/t18-/m0/s1. The molecule has 2 N–H and O–H groups in total. The summed E-state index contributed by atoms with van der Waals surface area (Å²) in [5.41, 5.74) is 8.48. The third kappa shape index (κ3) is 2.54. The molecule has 2 heterocycles. The molecule has 0 fully saturated rings. The van der Waals surface area contributed by atoms with Crippen LogP contribution in [0.2, 0.25) is 0 Å². The van der Waals surface area contributed by atoms with Gasteiger partial charge in [-0.3, -0.25) is 14.4 Å². The fourth-order valence-electron chi connectivity index (χ4n) is 2.94. The summed E-state index contributed by atoms with van der Waals surface area (Å²) < 4.78 is 1.74. The van der Waals surface area contributed by atoms with Gasteiger partial charge in [-0.1, -0.05) is 18.1 Å². The Labute approximate surface area is 141 Å². The van der Waals surface area contributed by atoms with Crippen LogP contribution < -0.4 is 5.73 Å². The molecule has 0 saturated carbocycles. The van der Waals surface area contributed by atoms with Crippen LogP contribution in [0.15, 0.2) is 35.3 Å². The van der Waals surface area contributed by atoms with Gasteiger partial charge in [0.25, 0.3) is 0 Å². The zero-order chi connectivity index (χ0) is 17.5. The highest BCUT2D eigenvalue weighted by atomic mass is 16.2. The van der Waals surface area contributed by atoms with Crippen molar-refractivity contribution < 1.29 is 4.79 Å². The highest BCUT2D eigenvalue weighted by molar-refractivity contribution is 5.98. The number of aliphatic imine (C=N–C) groups is 1. The lowest BCUT2D eigenvalue weighted by molar-refractivity contribution is -0.128. The Morgan fingerprint density at radius 1 is 1.33 bits per heavy atom. The van der Waals surface area contributed by atoms with Crippen LogP contribution >= 0.6 is 0 Å². The number of nitrogens with zero attached hydrogens (tertiary/aromatic N) is 4. The van der Waals surface area contributed by atoms with Crippen molar-refractivity contribution in [2.45, 2.75) is 18.9 Å². The van der Waals surface area contributed by atoms with Gasteiger partial charge in [0.15, 0.2) is 5.96 Å². The van der Waals surface area contributed by atoms with Crippen LogP contribution in [0.1, 0.15) is 24.6 Å². The van der Waals surface area contributed by atoms with Gasteiger partial charge in [0.05, 0.1) is 17.8 Å². The van der Waals surface area contributed by atoms with Gasteiger partial charge in [-0.15, -0.1) is 6.42 Å². The molecule has 0 unspecified atom stereocenters. The molecule has 1 aliphatic heterocycles. The number of aryl methyl sites for hydroxylation is 1. The Balaban J connectivity index is 2.06. The van der Waals surface area contributed by atoms with Gasteiger partial charge in [-0.25, -0.2) is 4.99 Å². The lowest BCUT2D eigenvalue weighted by Gasteiger charge is -2.33. The molecule has 0 radical (unpaired) electrons. The van der Waals surface area contributed by atoms with Crippen LogP contribution in [0.5, 0.6) is 0 Å². The molecule has 1 aromatic carbocycles. The maximum atomic E-state index is 12.2. The number of hydrogen-bond acceptors (Lipinski definition) is 4. The molecule has 2 aromatic rings. The molecule has 24 heavy (non-hydrogen) atoms. The number of carbonyl (C=O) groups is 1. The summed E-state index contributed by atoms with van der Waals surface area (Å²) in [5.74, 6) is 2.77. The lowest BCUT2D eigenvalue weighted by atomic mass is 9.91. The van der Waals surface area contributed by atoms with Gasteiger partial charge in [-0.2, -0.15) is 5.10 Å². The summed E-state index contributed by atoms with van der Waals surface area (Å²) in [4.78, 5) is 18.1. The van der Waals surface area contributed by atoms with Crippen molar-refractivity contribution in [2.24, 2.45) is 17.8 Å². The minimum atomic E-state index is -0.739. The van der Waals surface area contributed by atoms with Gasteiger partial charge in [0.1, 0.15) is 5.54 Å². The third-order valence-electron chi connectivity index (χ3n) is 4.33. The van der Waals surface area contributed by atoms with Crippen LogP contribution in [0, 0.1) is 12.3 Å². The Kier molecular flexibility index (Phi) is 3.64. The van der Waals surface area contributed by atoms with E-state index in [1.807, 2.05) is 44.3 Å². The largest absolute Gasteiger partial charge is 0.369 e. The topological polar surface area (TPSA) is 76.5 Å². The normalized spacial score (nSPS) is 20.7. The predicted octanol–water partition coefficient (Wildman–Crippen LogP) is 1.46. The van der Waals surface area contributed by atoms with Crippen LogP contribution in [0.25, 0.3) is 11.3 Å². The van der Waals surface area contributed by atoms with E-state index in [0.717, 1.165) is 22.5 Å². The average molecular weight is 321 g/mol. The molecule has 1 amide bonds. The Morgan fingerprint density at radius 2 is 2.08 bits per heavy atom. The fraction of sp³-hybridized carbons (Fsp3) is 0.278. The molecule has 122 valence electrons. The van der Waals surface area contributed by atoms with Crippen molar-refractivity contribution in [1.29, 1.82) is 0 Å². The average Bonchev–Trinajstić information content (AvgIpc) is 2.95. The van der Waals surface area contributed by atoms with E-state index < -0.39 is 5.54 Å². The van der Waals surface area contributed by atoms with E-state index in [1.54, 1.807) is 11.7 Å². The maximum Gasteiger partial charge on any atom is 0.231 e. The molecule has 0 spiro atoms. The Morgan fingerprint density at radius 3 is 2.75 bits per heavy atom. The number of benzene rings is 1. The van der Waals surface area contributed by atoms with Crippen molar-refractivity contribution in [3.8, 4) is 23.6 Å². The van der Waals surface area contributed by atoms with Crippen molar-refractivity contribution >= 4 is 11.9 Å². The quantitative estimate of drug-likeness (QED) is 0.851. The number of rotatable bonds is 2. The van der Waals surface area contributed by atoms with Gasteiger partial charge in [0, 0.05) is 25.2 Å². The number of nitrogens with two attached hydrogens (primary N) is 1. The Hall–Kier alpha value is -3.07. The zero-order valence-electron chi connectivity index (χ0n) is 13.9. The number of carbonyl (C=O) groups excluding carboxylic acids is 1. The number of guanidine groups is 1. The van der Waals surface area contributed by atoms with Gasteiger partial charge >= 0.3 is 0 Å². The number of aromatic nitrogens is 2. The second kappa shape index (κ2) is 5.53. The van der Waals surface area contributed by atoms with Crippen LogP contribution in [-0.4, -0.2) is 33.6 Å². The molecule has 1 aliphatic rings. The summed E-state index contributed by atoms with van der Waals surface area (Å²) in [6.07, 6.45) is 5.71. The molecule has 0 aliphatic carbocycles. The van der Waals surface area contributed by atoms with Crippen molar-refractivity contribution in [3.63, 3.8) is 0 Å². The maximum absolute atomic E-state index is 12.2. The molecule has 6 heteroatoms. The van der Waals surface area contributed by atoms with Crippen molar-refractivity contribution in [3.05, 3.63) is 41.6 Å². The van der Waals surface area contributed by atoms with E-state index in [1.165, 1.54) is 4.90 Å². The first-order chi connectivity index (χ1) is 11.3. The highest BCUT2D eigenvalue weighted by Gasteiger charge is 2.38. The molecular formula is C18H19N5O. The fourth-order valence-corrected chi connectivity index (χ4v) is 2.94. The summed E-state index contributed by atoms with van der Waals surface area (Å²) in [6.45, 7) is 1.89. The van der Waals surface area contributed by atoms with Crippen molar-refractivity contribution in [1.82, 2.24) is 14.7 Å². The summed E-state index contributed by atoms with van der Waals surface area (Å²) in [5, 5.41) is 4.56. The first-order valence-electron chi connectivity index (χ1n) is 7.57. The Bertz CT molecular complexity index is 889. The van der Waals surface area contributed by atoms with E-state index in [2.05, 4.69) is 16.0 Å². The summed E-state index contributed by atoms with van der Waals surface area (Å²) in [7, 11) is 3.46. The monoisotopic (exact) mass is 321 g/mol. The smallest absolute Gasteiger partial charge is 0.231 e. The predicted molar refractivity (Wildman–Crippen MR) is 92.9 cm³/mol.